The fourth-order valence-electron chi connectivity index (χ4n) is 7.70. The summed E-state index contributed by atoms with van der Waals surface area (Å²) in [7, 11) is 0. The first-order chi connectivity index (χ1) is 30.7. The number of para-hydroxylation sites is 2. The number of rotatable bonds is 12. The molecule has 0 bridgehead atoms. The fourth-order valence-corrected chi connectivity index (χ4v) is 9.51. The van der Waals surface area contributed by atoms with Crippen molar-refractivity contribution in [2.75, 3.05) is 36.0 Å². The summed E-state index contributed by atoms with van der Waals surface area (Å²) in [6, 6.07) is 24.7. The molecule has 0 saturated carbocycles. The molecule has 2 aliphatic heterocycles. The Morgan fingerprint density at radius 2 is 1.30 bits per heavy atom. The largest absolute Gasteiger partial charge is 0.332 e. The highest BCUT2D eigenvalue weighted by molar-refractivity contribution is 7.80. The van der Waals surface area contributed by atoms with Crippen LogP contribution in [0.15, 0.2) is 116 Å². The SMILES string of the molecule is O=C(/C=C/c1ccncc1)NC(N1CCN(c2cccc3c(-c4cc(CCC(=O)NC(N5CCN(c6cccc7cccnc67)C5=S)C(Cl)(Cl)Cl)ccn4)ccnc23)C1=S)C(Cl)(Cl)Cl. The van der Waals surface area contributed by atoms with Crippen molar-refractivity contribution in [3.05, 3.63) is 127 Å². The smallest absolute Gasteiger partial charge is 0.245 e. The van der Waals surface area contributed by atoms with Gasteiger partial charge >= 0.3 is 0 Å². The monoisotopic (exact) mass is 1010 g/mol. The summed E-state index contributed by atoms with van der Waals surface area (Å²) in [4.78, 5) is 51.8. The van der Waals surface area contributed by atoms with Crippen molar-refractivity contribution in [2.24, 2.45) is 0 Å². The lowest BCUT2D eigenvalue weighted by molar-refractivity contribution is -0.122. The van der Waals surface area contributed by atoms with Gasteiger partial charge in [0.05, 0.1) is 28.1 Å². The van der Waals surface area contributed by atoms with Crippen LogP contribution in [0.4, 0.5) is 11.4 Å². The lowest BCUT2D eigenvalue weighted by Gasteiger charge is -2.35. The lowest BCUT2D eigenvalue weighted by Crippen LogP contribution is -2.56. The van der Waals surface area contributed by atoms with Gasteiger partial charge < -0.3 is 30.2 Å². The highest BCUT2D eigenvalue weighted by atomic mass is 35.6. The summed E-state index contributed by atoms with van der Waals surface area (Å²) >= 11 is 50.7. The molecule has 2 saturated heterocycles. The Labute approximate surface area is 409 Å². The summed E-state index contributed by atoms with van der Waals surface area (Å²) in [5.41, 5.74) is 6.16. The number of amides is 2. The highest BCUT2D eigenvalue weighted by Gasteiger charge is 2.45. The van der Waals surface area contributed by atoms with Gasteiger partial charge in [-0.3, -0.25) is 29.5 Å². The number of hydrogen-bond donors (Lipinski definition) is 2. The van der Waals surface area contributed by atoms with E-state index >= 15 is 0 Å². The molecule has 2 atom stereocenters. The molecule has 0 spiro atoms. The second-order valence-corrected chi connectivity index (χ2v) is 20.2. The van der Waals surface area contributed by atoms with Gasteiger partial charge in [0.15, 0.2) is 22.6 Å². The Hall–Kier alpha value is -4.64. The molecule has 2 N–H and O–H groups in total. The zero-order chi connectivity index (χ0) is 45.2. The van der Waals surface area contributed by atoms with Crippen molar-refractivity contribution in [3.8, 4) is 11.3 Å². The number of anilines is 2. The van der Waals surface area contributed by atoms with Gasteiger partial charge in [0.2, 0.25) is 19.4 Å². The maximum absolute atomic E-state index is 13.6. The van der Waals surface area contributed by atoms with Gasteiger partial charge in [-0.05, 0) is 96.6 Å². The number of nitrogens with one attached hydrogen (secondary N) is 2. The Kier molecular flexibility index (Phi) is 14.0. The number of carbonyl (C=O) groups is 2. The normalized spacial score (nSPS) is 15.7. The minimum atomic E-state index is -1.92. The topological polar surface area (TPSA) is 123 Å². The summed E-state index contributed by atoms with van der Waals surface area (Å²) in [5, 5.41) is 8.27. The van der Waals surface area contributed by atoms with Gasteiger partial charge in [-0.15, -0.1) is 0 Å². The molecular formula is C44H36Cl6N10O2S2. The van der Waals surface area contributed by atoms with Crippen LogP contribution in [0, 0.1) is 0 Å². The van der Waals surface area contributed by atoms with Crippen molar-refractivity contribution in [1.82, 2.24) is 40.4 Å². The van der Waals surface area contributed by atoms with Gasteiger partial charge in [-0.2, -0.15) is 0 Å². The van der Waals surface area contributed by atoms with E-state index in [1.165, 1.54) is 6.08 Å². The Morgan fingerprint density at radius 3 is 1.98 bits per heavy atom. The third-order valence-corrected chi connectivity index (χ3v) is 12.9. The summed E-state index contributed by atoms with van der Waals surface area (Å²) in [6.07, 6.45) is 9.75. The summed E-state index contributed by atoms with van der Waals surface area (Å²) in [5.74, 6) is -0.794. The first-order valence-electron chi connectivity index (χ1n) is 19.8. The first-order valence-corrected chi connectivity index (χ1v) is 22.9. The third-order valence-electron chi connectivity index (χ3n) is 10.7. The molecule has 6 aromatic rings. The zero-order valence-electron chi connectivity index (χ0n) is 33.4. The summed E-state index contributed by atoms with van der Waals surface area (Å²) < 4.78 is -3.82. The lowest BCUT2D eigenvalue weighted by atomic mass is 10.0. The van der Waals surface area contributed by atoms with Gasteiger partial charge in [-0.1, -0.05) is 99.9 Å². The predicted molar refractivity (Wildman–Crippen MR) is 266 cm³/mol. The second-order valence-electron chi connectivity index (χ2n) is 14.8. The average molecular weight is 1010 g/mol. The Morgan fingerprint density at radius 1 is 0.688 bits per heavy atom. The van der Waals surface area contributed by atoms with E-state index in [0.29, 0.717) is 54.0 Å². The molecule has 2 fully saturated rings. The van der Waals surface area contributed by atoms with E-state index in [0.717, 1.165) is 44.4 Å². The number of aryl methyl sites for hydroxylation is 1. The zero-order valence-corrected chi connectivity index (χ0v) is 39.6. The third kappa shape index (κ3) is 10.1. The Bertz CT molecular complexity index is 2770. The van der Waals surface area contributed by atoms with E-state index in [2.05, 4.69) is 20.6 Å². The minimum Gasteiger partial charge on any atom is -0.332 e. The molecule has 8 rings (SSSR count). The molecule has 2 unspecified atom stereocenters. The van der Waals surface area contributed by atoms with Crippen molar-refractivity contribution < 1.29 is 9.59 Å². The van der Waals surface area contributed by atoms with Crippen molar-refractivity contribution in [2.45, 2.75) is 32.8 Å². The van der Waals surface area contributed by atoms with E-state index in [1.807, 2.05) is 76.5 Å². The van der Waals surface area contributed by atoms with E-state index in [1.54, 1.807) is 59.0 Å². The number of pyridine rings is 4. The number of nitrogens with zero attached hydrogens (tertiary/aromatic N) is 8. The summed E-state index contributed by atoms with van der Waals surface area (Å²) in [6.45, 7) is 1.71. The first kappa shape index (κ1) is 45.9. The molecule has 2 amide bonds. The molecule has 4 aromatic heterocycles. The number of alkyl halides is 6. The minimum absolute atomic E-state index is 0.0963. The van der Waals surface area contributed by atoms with Crippen molar-refractivity contribution in [1.29, 1.82) is 0 Å². The molecule has 6 heterocycles. The van der Waals surface area contributed by atoms with Crippen LogP contribution in [0.25, 0.3) is 39.1 Å². The van der Waals surface area contributed by atoms with Crippen LogP contribution in [0.5, 0.6) is 0 Å². The van der Waals surface area contributed by atoms with Crippen LogP contribution in [0.3, 0.4) is 0 Å². The van der Waals surface area contributed by atoms with Crippen molar-refractivity contribution >= 4 is 155 Å². The van der Waals surface area contributed by atoms with Crippen LogP contribution in [0.2, 0.25) is 0 Å². The molecule has 2 aliphatic rings. The van der Waals surface area contributed by atoms with Crippen LogP contribution in [0.1, 0.15) is 17.5 Å². The van der Waals surface area contributed by atoms with E-state index in [4.69, 9.17) is 104 Å². The van der Waals surface area contributed by atoms with Gasteiger partial charge in [0, 0.05) is 86.0 Å². The van der Waals surface area contributed by atoms with Crippen LogP contribution >= 0.6 is 94.0 Å². The predicted octanol–water partition coefficient (Wildman–Crippen LogP) is 9.02. The maximum Gasteiger partial charge on any atom is 0.245 e. The quantitative estimate of drug-likeness (QED) is 0.0692. The number of fused-ring (bicyclic) bond motifs is 2. The van der Waals surface area contributed by atoms with Gasteiger partial charge in [0.25, 0.3) is 0 Å². The second kappa shape index (κ2) is 19.4. The molecular weight excluding hydrogens is 977 g/mol. The molecule has 328 valence electrons. The number of benzene rings is 2. The standard InChI is InChI=1S/C44H36Cl6N10O2S2/c45-43(46,47)39(55-35(61)11-9-27-13-18-51-19-14-27)60-25-23-58(42(60)64)34-8-2-6-31-30(16-21-54-38(31)34)32-26-28(15-20-52-32)10-12-36(62)56-40(44(48,49)50)59-24-22-57(41(59)63)33-7-1-4-29-5-3-17-53-37(29)33/h1-9,11,13-21,26,39-40H,10,12,22-25H2,(H,55,61)(H,56,62)/b11-9+. The fraction of sp³-hybridized carbons (Fsp3) is 0.227. The van der Waals surface area contributed by atoms with Gasteiger partial charge in [-0.25, -0.2) is 0 Å². The van der Waals surface area contributed by atoms with E-state index in [9.17, 15) is 9.59 Å². The average Bonchev–Trinajstić information content (AvgIpc) is 3.85. The van der Waals surface area contributed by atoms with Crippen LogP contribution in [-0.2, 0) is 16.0 Å². The van der Waals surface area contributed by atoms with Crippen LogP contribution in [-0.4, -0.2) is 97.9 Å². The number of thiocarbonyl (C=S) groups is 2. The maximum atomic E-state index is 13.6. The number of halogens is 6. The molecule has 0 radical (unpaired) electrons. The van der Waals surface area contributed by atoms with Crippen molar-refractivity contribution in [3.63, 3.8) is 0 Å². The highest BCUT2D eigenvalue weighted by Crippen LogP contribution is 2.39. The molecule has 2 aromatic carbocycles. The van der Waals surface area contributed by atoms with Crippen LogP contribution < -0.4 is 20.4 Å². The number of carbonyl (C=O) groups excluding carboxylic acids is 2. The molecule has 20 heteroatoms. The van der Waals surface area contributed by atoms with E-state index in [-0.39, 0.29) is 12.3 Å². The molecule has 64 heavy (non-hydrogen) atoms. The molecule has 12 nitrogen and oxygen atoms in total. The van der Waals surface area contributed by atoms with E-state index < -0.39 is 25.8 Å². The Balaban J connectivity index is 0.951. The number of hydrogen-bond acceptors (Lipinski definition) is 8. The number of aromatic nitrogens is 4. The molecule has 0 aliphatic carbocycles. The van der Waals surface area contributed by atoms with Gasteiger partial charge in [0.1, 0.15) is 0 Å².